The number of ether oxygens (including phenoxy) is 3. The Morgan fingerprint density at radius 3 is 0.873 bits per heavy atom. The predicted octanol–water partition coefficient (Wildman–Crippen LogP) is 18.5. The highest BCUT2D eigenvalue weighted by Crippen LogP contribution is 2.10. The van der Waals surface area contributed by atoms with Crippen molar-refractivity contribution < 1.29 is 28.6 Å². The third-order valence-electron chi connectivity index (χ3n) is 10.4. The lowest BCUT2D eigenvalue weighted by Crippen LogP contribution is -2.30. The number of carbonyl (C=O) groups excluding carboxylic acids is 3. The number of unbranched alkanes of at least 4 members (excludes halogenated alkanes) is 5. The standard InChI is InChI=1S/C65H96O6/c1-4-7-10-13-16-19-22-25-28-30-32-34-37-40-43-46-49-52-55-58-64(67)70-61-62(60-69-63(66)57-54-51-48-45-42-39-36-27-24-21-18-15-12-9-6-3)71-65(68)59-56-53-50-47-44-41-38-35-33-31-29-26-23-20-17-14-11-8-5-2/h7-12,16-21,25-29,32-36,40-45,49,52,62H,4-6,13-15,22-24,30-31,37-39,46-48,50-51,53-61H2,1-3H3/b10-7-,11-8-,12-9-,19-16-,20-17-,21-18-,28-25-,29-26-,34-32-,35-33-,36-27-,43-40-,44-41-,45-42-,52-49-/t62-/m0/s1. The van der Waals surface area contributed by atoms with Crippen LogP contribution in [0.5, 0.6) is 0 Å². The average Bonchev–Trinajstić information content (AvgIpc) is 3.37. The Balaban J connectivity index is 4.67. The van der Waals surface area contributed by atoms with E-state index >= 15 is 0 Å². The van der Waals surface area contributed by atoms with Gasteiger partial charge in [-0.25, -0.2) is 0 Å². The SMILES string of the molecule is CC/C=C\C/C=C\C/C=C\C/C=C\C/C=C\C/C=C\CCC(=O)OC[C@H](COC(=O)CCCC/C=C\C/C=C\C/C=C\C/C=C\CC)OC(=O)CCCCC/C=C\C/C=C\C/C=C\C/C=C\C/C=C\CC. The summed E-state index contributed by atoms with van der Waals surface area (Å²) in [5, 5.41) is 0. The summed E-state index contributed by atoms with van der Waals surface area (Å²) in [6.45, 7) is 6.13. The molecule has 392 valence electrons. The van der Waals surface area contributed by atoms with Crippen molar-refractivity contribution in [3.05, 3.63) is 182 Å². The van der Waals surface area contributed by atoms with E-state index in [0.717, 1.165) is 128 Å². The van der Waals surface area contributed by atoms with Crippen molar-refractivity contribution in [1.82, 2.24) is 0 Å². The van der Waals surface area contributed by atoms with Crippen LogP contribution in [0.25, 0.3) is 0 Å². The molecule has 0 saturated carbocycles. The van der Waals surface area contributed by atoms with Gasteiger partial charge in [0.25, 0.3) is 0 Å². The van der Waals surface area contributed by atoms with E-state index in [1.165, 1.54) is 0 Å². The molecule has 1 atom stereocenters. The molecular weight excluding hydrogens is 877 g/mol. The third-order valence-corrected chi connectivity index (χ3v) is 10.4. The van der Waals surface area contributed by atoms with Gasteiger partial charge in [0.1, 0.15) is 13.2 Å². The van der Waals surface area contributed by atoms with Crippen LogP contribution < -0.4 is 0 Å². The molecule has 71 heavy (non-hydrogen) atoms. The van der Waals surface area contributed by atoms with Gasteiger partial charge >= 0.3 is 17.9 Å². The van der Waals surface area contributed by atoms with Crippen molar-refractivity contribution in [3.63, 3.8) is 0 Å². The molecule has 0 aliphatic carbocycles. The van der Waals surface area contributed by atoms with E-state index in [2.05, 4.69) is 191 Å². The van der Waals surface area contributed by atoms with Crippen molar-refractivity contribution >= 4 is 17.9 Å². The summed E-state index contributed by atoms with van der Waals surface area (Å²) in [5.74, 6) is -1.12. The maximum Gasteiger partial charge on any atom is 0.306 e. The molecule has 0 aromatic carbocycles. The number of hydrogen-bond acceptors (Lipinski definition) is 6. The average molecular weight is 973 g/mol. The molecule has 0 unspecified atom stereocenters. The van der Waals surface area contributed by atoms with Gasteiger partial charge in [-0.3, -0.25) is 14.4 Å². The Morgan fingerprint density at radius 1 is 0.282 bits per heavy atom. The zero-order valence-electron chi connectivity index (χ0n) is 44.6. The summed E-state index contributed by atoms with van der Waals surface area (Å²) in [7, 11) is 0. The van der Waals surface area contributed by atoms with E-state index in [-0.39, 0.29) is 50.4 Å². The molecule has 0 radical (unpaired) electrons. The zero-order chi connectivity index (χ0) is 51.4. The smallest absolute Gasteiger partial charge is 0.306 e. The van der Waals surface area contributed by atoms with Crippen LogP contribution in [0, 0.1) is 0 Å². The van der Waals surface area contributed by atoms with Gasteiger partial charge in [-0.15, -0.1) is 0 Å². The Bertz CT molecular complexity index is 1730. The first-order chi connectivity index (χ1) is 35.0. The topological polar surface area (TPSA) is 78.9 Å². The first kappa shape index (κ1) is 65.5. The van der Waals surface area contributed by atoms with Crippen LogP contribution in [0.3, 0.4) is 0 Å². The van der Waals surface area contributed by atoms with Crippen LogP contribution >= 0.6 is 0 Å². The Labute approximate surface area is 434 Å². The summed E-state index contributed by atoms with van der Waals surface area (Å²) in [6, 6.07) is 0. The number of rotatable bonds is 46. The molecule has 6 heteroatoms. The summed E-state index contributed by atoms with van der Waals surface area (Å²) in [6.07, 6.45) is 86.0. The largest absolute Gasteiger partial charge is 0.462 e. The van der Waals surface area contributed by atoms with Crippen LogP contribution in [0.2, 0.25) is 0 Å². The minimum atomic E-state index is -0.855. The molecule has 0 bridgehead atoms. The van der Waals surface area contributed by atoms with Gasteiger partial charge in [0, 0.05) is 19.3 Å². The Kier molecular flexibility index (Phi) is 52.7. The molecule has 0 saturated heterocycles. The van der Waals surface area contributed by atoms with Gasteiger partial charge in [-0.2, -0.15) is 0 Å². The second kappa shape index (κ2) is 57.1. The third kappa shape index (κ3) is 55.3. The molecule has 0 aromatic rings. The molecule has 0 N–H and O–H groups in total. The number of carbonyl (C=O) groups is 3. The lowest BCUT2D eigenvalue weighted by atomic mass is 10.1. The number of allylic oxidation sites excluding steroid dienone is 30. The van der Waals surface area contributed by atoms with Crippen LogP contribution in [0.4, 0.5) is 0 Å². The molecule has 0 spiro atoms. The summed E-state index contributed by atoms with van der Waals surface area (Å²) in [5.41, 5.74) is 0. The van der Waals surface area contributed by atoms with Crippen molar-refractivity contribution in [3.8, 4) is 0 Å². The fourth-order valence-corrected chi connectivity index (χ4v) is 6.42. The van der Waals surface area contributed by atoms with Crippen molar-refractivity contribution in [2.24, 2.45) is 0 Å². The summed E-state index contributed by atoms with van der Waals surface area (Å²) < 4.78 is 16.7. The van der Waals surface area contributed by atoms with Crippen LogP contribution in [0.1, 0.15) is 188 Å². The van der Waals surface area contributed by atoms with E-state index in [9.17, 15) is 14.4 Å². The van der Waals surface area contributed by atoms with E-state index in [1.54, 1.807) is 0 Å². The minimum absolute atomic E-state index is 0.147. The highest BCUT2D eigenvalue weighted by molar-refractivity contribution is 5.71. The van der Waals surface area contributed by atoms with E-state index in [0.29, 0.717) is 19.3 Å². The maximum atomic E-state index is 12.8. The Morgan fingerprint density at radius 2 is 0.535 bits per heavy atom. The van der Waals surface area contributed by atoms with Crippen molar-refractivity contribution in [2.75, 3.05) is 13.2 Å². The van der Waals surface area contributed by atoms with Crippen molar-refractivity contribution in [1.29, 1.82) is 0 Å². The molecule has 0 aliphatic heterocycles. The van der Waals surface area contributed by atoms with Crippen LogP contribution in [-0.2, 0) is 28.6 Å². The molecule has 0 amide bonds. The molecule has 0 rings (SSSR count). The highest BCUT2D eigenvalue weighted by Gasteiger charge is 2.19. The van der Waals surface area contributed by atoms with Gasteiger partial charge in [0.05, 0.1) is 0 Å². The minimum Gasteiger partial charge on any atom is -0.462 e. The van der Waals surface area contributed by atoms with Gasteiger partial charge in [0.15, 0.2) is 6.10 Å². The lowest BCUT2D eigenvalue weighted by molar-refractivity contribution is -0.166. The first-order valence-corrected chi connectivity index (χ1v) is 27.3. The number of hydrogen-bond donors (Lipinski definition) is 0. The monoisotopic (exact) mass is 973 g/mol. The first-order valence-electron chi connectivity index (χ1n) is 27.3. The van der Waals surface area contributed by atoms with Gasteiger partial charge in [0.2, 0.25) is 0 Å². The normalized spacial score (nSPS) is 13.6. The molecule has 0 heterocycles. The van der Waals surface area contributed by atoms with Crippen molar-refractivity contribution in [2.45, 2.75) is 194 Å². The fraction of sp³-hybridized carbons (Fsp3) is 0.492. The molecule has 0 aromatic heterocycles. The lowest BCUT2D eigenvalue weighted by Gasteiger charge is -2.18. The van der Waals surface area contributed by atoms with E-state index < -0.39 is 6.10 Å². The summed E-state index contributed by atoms with van der Waals surface area (Å²) >= 11 is 0. The molecule has 0 aliphatic rings. The van der Waals surface area contributed by atoms with E-state index in [1.807, 2.05) is 12.2 Å². The molecule has 6 nitrogen and oxygen atoms in total. The van der Waals surface area contributed by atoms with Gasteiger partial charge in [-0.1, -0.05) is 209 Å². The van der Waals surface area contributed by atoms with Crippen LogP contribution in [0.15, 0.2) is 182 Å². The molecular formula is C65H96O6. The Hall–Kier alpha value is -5.49. The van der Waals surface area contributed by atoms with Gasteiger partial charge in [-0.05, 0) is 141 Å². The predicted molar refractivity (Wildman–Crippen MR) is 306 cm³/mol. The quantitative estimate of drug-likeness (QED) is 0.0262. The van der Waals surface area contributed by atoms with Gasteiger partial charge < -0.3 is 14.2 Å². The zero-order valence-corrected chi connectivity index (χ0v) is 44.6. The fourth-order valence-electron chi connectivity index (χ4n) is 6.42. The highest BCUT2D eigenvalue weighted by atomic mass is 16.6. The molecule has 0 fully saturated rings. The van der Waals surface area contributed by atoms with Crippen LogP contribution in [-0.4, -0.2) is 37.2 Å². The second-order valence-electron chi connectivity index (χ2n) is 17.0. The maximum absolute atomic E-state index is 12.8. The number of esters is 3. The summed E-state index contributed by atoms with van der Waals surface area (Å²) in [4.78, 5) is 38.1. The van der Waals surface area contributed by atoms with E-state index in [4.69, 9.17) is 14.2 Å². The second-order valence-corrected chi connectivity index (χ2v) is 17.0.